The molecule has 84 valence electrons. The number of fused-ring (bicyclic) bond motifs is 3. The Labute approximate surface area is 96.4 Å². The van der Waals surface area contributed by atoms with Gasteiger partial charge in [0.25, 0.3) is 0 Å². The minimum atomic E-state index is -0.429. The van der Waals surface area contributed by atoms with E-state index in [1.54, 1.807) is 24.3 Å². The van der Waals surface area contributed by atoms with Gasteiger partial charge in [-0.25, -0.2) is 8.78 Å². The summed E-state index contributed by atoms with van der Waals surface area (Å²) in [5.41, 5.74) is 1.94. The van der Waals surface area contributed by atoms with Crippen LogP contribution in [0.25, 0.3) is 27.9 Å². The lowest BCUT2D eigenvalue weighted by atomic mass is 10.1. The molecule has 0 saturated carbocycles. The van der Waals surface area contributed by atoms with Gasteiger partial charge in [0, 0.05) is 16.3 Å². The summed E-state index contributed by atoms with van der Waals surface area (Å²) in [5, 5.41) is 0.583. The van der Waals surface area contributed by atoms with Crippen molar-refractivity contribution in [3.05, 3.63) is 54.1 Å². The minimum absolute atomic E-state index is 0.288. The normalized spacial score (nSPS) is 11.2. The number of H-pyrrole nitrogens is 1. The first-order valence-corrected chi connectivity index (χ1v) is 5.23. The predicted molar refractivity (Wildman–Crippen MR) is 65.8 cm³/mol. The van der Waals surface area contributed by atoms with Crippen molar-refractivity contribution in [3.63, 3.8) is 0 Å². The van der Waals surface area contributed by atoms with Gasteiger partial charge in [0.05, 0.1) is 5.52 Å². The van der Waals surface area contributed by atoms with E-state index in [4.69, 9.17) is 0 Å². The van der Waals surface area contributed by atoms with Crippen LogP contribution < -0.4 is 0 Å². The van der Waals surface area contributed by atoms with Gasteiger partial charge in [-0.2, -0.15) is 0 Å². The monoisotopic (exact) mass is 229 g/mol. The van der Waals surface area contributed by atoms with Crippen molar-refractivity contribution >= 4 is 27.9 Å². The highest BCUT2D eigenvalue weighted by Gasteiger charge is 2.14. The summed E-state index contributed by atoms with van der Waals surface area (Å²) >= 11 is 0. The molecule has 2 aromatic carbocycles. The third kappa shape index (κ3) is 1.29. The zero-order chi connectivity index (χ0) is 12.0. The van der Waals surface area contributed by atoms with Gasteiger partial charge in [-0.05, 0) is 29.8 Å². The first-order chi connectivity index (χ1) is 8.22. The van der Waals surface area contributed by atoms with Gasteiger partial charge in [-0.3, -0.25) is 0 Å². The molecule has 17 heavy (non-hydrogen) atoms. The van der Waals surface area contributed by atoms with E-state index in [1.807, 2.05) is 0 Å². The summed E-state index contributed by atoms with van der Waals surface area (Å²) in [5.74, 6) is -0.851. The molecule has 1 aromatic heterocycles. The van der Waals surface area contributed by atoms with E-state index < -0.39 is 11.6 Å². The average Bonchev–Trinajstić information content (AvgIpc) is 2.71. The molecule has 1 nitrogen and oxygen atoms in total. The lowest BCUT2D eigenvalue weighted by molar-refractivity contribution is 0.632. The Bertz CT molecular complexity index is 741. The Balaban J connectivity index is 2.65. The molecule has 0 fully saturated rings. The smallest absolute Gasteiger partial charge is 0.133 e. The van der Waals surface area contributed by atoms with Gasteiger partial charge in [0.2, 0.25) is 0 Å². The number of aromatic nitrogens is 1. The van der Waals surface area contributed by atoms with Crippen LogP contribution in [-0.4, -0.2) is 4.98 Å². The molecular weight excluding hydrogens is 220 g/mol. The highest BCUT2D eigenvalue weighted by atomic mass is 19.1. The molecule has 0 aliphatic heterocycles. The number of rotatable bonds is 1. The van der Waals surface area contributed by atoms with Gasteiger partial charge in [0.15, 0.2) is 0 Å². The summed E-state index contributed by atoms with van der Waals surface area (Å²) in [6.45, 7) is 3.67. The van der Waals surface area contributed by atoms with E-state index in [1.165, 1.54) is 12.1 Å². The molecule has 3 rings (SSSR count). The number of aromatic amines is 1. The zero-order valence-corrected chi connectivity index (χ0v) is 8.93. The lowest BCUT2D eigenvalue weighted by Gasteiger charge is -1.98. The van der Waals surface area contributed by atoms with Crippen LogP contribution in [-0.2, 0) is 0 Å². The van der Waals surface area contributed by atoms with Crippen LogP contribution in [0.2, 0.25) is 0 Å². The molecule has 3 heteroatoms. The van der Waals surface area contributed by atoms with Crippen molar-refractivity contribution in [1.82, 2.24) is 4.98 Å². The van der Waals surface area contributed by atoms with E-state index >= 15 is 0 Å². The third-order valence-electron chi connectivity index (χ3n) is 2.93. The molecule has 0 atom stereocenters. The van der Waals surface area contributed by atoms with Crippen LogP contribution >= 0.6 is 0 Å². The predicted octanol–water partition coefficient (Wildman–Crippen LogP) is 4.24. The quantitative estimate of drug-likeness (QED) is 0.642. The van der Waals surface area contributed by atoms with Crippen LogP contribution in [0.5, 0.6) is 0 Å². The summed E-state index contributed by atoms with van der Waals surface area (Å²) < 4.78 is 27.6. The SMILES string of the molecule is C=Cc1ccc(F)c2c1[nH]c1cccc(F)c12. The fourth-order valence-electron chi connectivity index (χ4n) is 2.16. The molecule has 0 amide bonds. The van der Waals surface area contributed by atoms with E-state index in [2.05, 4.69) is 11.6 Å². The second-order valence-corrected chi connectivity index (χ2v) is 3.88. The Kier molecular flexibility index (Phi) is 2.01. The molecule has 1 heterocycles. The Hall–Kier alpha value is -2.16. The second-order valence-electron chi connectivity index (χ2n) is 3.88. The standard InChI is InChI=1S/C14H9F2N/c1-2-8-6-7-10(16)13-12-9(15)4-3-5-11(12)17-14(8)13/h2-7,17H,1H2. The van der Waals surface area contributed by atoms with E-state index in [0.717, 1.165) is 5.56 Å². The maximum absolute atomic E-state index is 13.8. The van der Waals surface area contributed by atoms with Crippen molar-refractivity contribution in [3.8, 4) is 0 Å². The van der Waals surface area contributed by atoms with E-state index in [0.29, 0.717) is 16.4 Å². The maximum Gasteiger partial charge on any atom is 0.133 e. The zero-order valence-electron chi connectivity index (χ0n) is 8.93. The minimum Gasteiger partial charge on any atom is -0.354 e. The van der Waals surface area contributed by atoms with Crippen LogP contribution in [0.3, 0.4) is 0 Å². The molecule has 0 aliphatic carbocycles. The van der Waals surface area contributed by atoms with Gasteiger partial charge in [0.1, 0.15) is 11.6 Å². The molecule has 1 N–H and O–H groups in total. The number of halogens is 2. The topological polar surface area (TPSA) is 15.8 Å². The van der Waals surface area contributed by atoms with Gasteiger partial charge < -0.3 is 4.98 Å². The number of hydrogen-bond acceptors (Lipinski definition) is 0. The average molecular weight is 229 g/mol. The van der Waals surface area contributed by atoms with Crippen molar-refractivity contribution in [2.45, 2.75) is 0 Å². The molecule has 0 radical (unpaired) electrons. The number of nitrogens with one attached hydrogen (secondary N) is 1. The molecule has 0 aliphatic rings. The van der Waals surface area contributed by atoms with Crippen LogP contribution in [0, 0.1) is 11.6 Å². The lowest BCUT2D eigenvalue weighted by Crippen LogP contribution is -1.81. The van der Waals surface area contributed by atoms with Gasteiger partial charge >= 0.3 is 0 Å². The Morgan fingerprint density at radius 3 is 2.53 bits per heavy atom. The van der Waals surface area contributed by atoms with E-state index in [9.17, 15) is 8.78 Å². The fourth-order valence-corrected chi connectivity index (χ4v) is 2.16. The van der Waals surface area contributed by atoms with Crippen molar-refractivity contribution < 1.29 is 8.78 Å². The largest absolute Gasteiger partial charge is 0.354 e. The first-order valence-electron chi connectivity index (χ1n) is 5.23. The molecule has 0 spiro atoms. The van der Waals surface area contributed by atoms with Crippen LogP contribution in [0.4, 0.5) is 8.78 Å². The van der Waals surface area contributed by atoms with Crippen molar-refractivity contribution in [1.29, 1.82) is 0 Å². The third-order valence-corrected chi connectivity index (χ3v) is 2.93. The molecule has 3 aromatic rings. The Morgan fingerprint density at radius 2 is 1.76 bits per heavy atom. The molecular formula is C14H9F2N. The van der Waals surface area contributed by atoms with Crippen LogP contribution in [0.1, 0.15) is 5.56 Å². The summed E-state index contributed by atoms with van der Waals surface area (Å²) in [7, 11) is 0. The summed E-state index contributed by atoms with van der Waals surface area (Å²) in [4.78, 5) is 3.03. The molecule has 0 bridgehead atoms. The molecule has 0 saturated heterocycles. The van der Waals surface area contributed by atoms with Gasteiger partial charge in [-0.1, -0.05) is 18.7 Å². The highest BCUT2D eigenvalue weighted by molar-refractivity contribution is 6.10. The van der Waals surface area contributed by atoms with Crippen molar-refractivity contribution in [2.24, 2.45) is 0 Å². The molecule has 0 unspecified atom stereocenters. The summed E-state index contributed by atoms with van der Waals surface area (Å²) in [6, 6.07) is 7.61. The second kappa shape index (κ2) is 3.42. The first kappa shape index (κ1) is 10.0. The highest BCUT2D eigenvalue weighted by Crippen LogP contribution is 2.31. The summed E-state index contributed by atoms with van der Waals surface area (Å²) in [6.07, 6.45) is 1.62. The number of benzene rings is 2. The van der Waals surface area contributed by atoms with E-state index in [-0.39, 0.29) is 5.39 Å². The fraction of sp³-hybridized carbons (Fsp3) is 0. The Morgan fingerprint density at radius 1 is 1.00 bits per heavy atom. The number of hydrogen-bond donors (Lipinski definition) is 1. The maximum atomic E-state index is 13.8. The van der Waals surface area contributed by atoms with Crippen molar-refractivity contribution in [2.75, 3.05) is 0 Å². The van der Waals surface area contributed by atoms with Crippen LogP contribution in [0.15, 0.2) is 36.9 Å². The van der Waals surface area contributed by atoms with Gasteiger partial charge in [-0.15, -0.1) is 0 Å².